The van der Waals surface area contributed by atoms with Crippen LogP contribution in [0.5, 0.6) is 0 Å². The number of carbonyl (C=O) groups is 1. The van der Waals surface area contributed by atoms with Crippen LogP contribution in [0.15, 0.2) is 35.8 Å². The van der Waals surface area contributed by atoms with E-state index in [0.717, 1.165) is 43.8 Å². The molecule has 2 aliphatic rings. The maximum atomic E-state index is 13.2. The van der Waals surface area contributed by atoms with Gasteiger partial charge in [-0.15, -0.1) is 11.3 Å². The third-order valence-corrected chi connectivity index (χ3v) is 7.75. The number of thiophene rings is 1. The van der Waals surface area contributed by atoms with E-state index in [0.29, 0.717) is 10.4 Å². The number of fused-ring (bicyclic) bond motifs is 1. The highest BCUT2D eigenvalue weighted by atomic mass is 127. The molecule has 28 heavy (non-hydrogen) atoms. The zero-order valence-electron chi connectivity index (χ0n) is 15.2. The van der Waals surface area contributed by atoms with Crippen molar-refractivity contribution in [2.45, 2.75) is 25.7 Å². The van der Waals surface area contributed by atoms with Gasteiger partial charge in [-0.1, -0.05) is 11.6 Å². The molecule has 144 valence electrons. The first kappa shape index (κ1) is 18.6. The van der Waals surface area contributed by atoms with Crippen LogP contribution in [0.4, 0.5) is 11.4 Å². The molecule has 1 aromatic carbocycles. The van der Waals surface area contributed by atoms with Gasteiger partial charge < -0.3 is 10.2 Å². The van der Waals surface area contributed by atoms with Gasteiger partial charge >= 0.3 is 0 Å². The van der Waals surface area contributed by atoms with Crippen LogP contribution in [-0.2, 0) is 0 Å². The maximum Gasteiger partial charge on any atom is 0.257 e. The lowest BCUT2D eigenvalue weighted by Crippen LogP contribution is -2.35. The predicted molar refractivity (Wildman–Crippen MR) is 125 cm³/mol. The van der Waals surface area contributed by atoms with Crippen molar-refractivity contribution >= 4 is 73.0 Å². The van der Waals surface area contributed by atoms with E-state index in [4.69, 9.17) is 11.6 Å². The monoisotopic (exact) mass is 523 g/mol. The second-order valence-electron chi connectivity index (χ2n) is 7.76. The molecule has 2 fully saturated rings. The lowest BCUT2D eigenvalue weighted by Gasteiger charge is -2.35. The molecule has 3 aromatic rings. The van der Waals surface area contributed by atoms with Crippen LogP contribution >= 0.6 is 45.5 Å². The Morgan fingerprint density at radius 2 is 2.00 bits per heavy atom. The maximum absolute atomic E-state index is 13.2. The van der Waals surface area contributed by atoms with Crippen molar-refractivity contribution in [1.82, 2.24) is 4.98 Å². The molecule has 1 amide bonds. The number of nitrogens with one attached hydrogen (secondary N) is 1. The molecule has 0 radical (unpaired) electrons. The number of nitrogens with zero attached hydrogens (tertiary/aromatic N) is 2. The van der Waals surface area contributed by atoms with Crippen molar-refractivity contribution in [3.63, 3.8) is 0 Å². The standard InChI is InChI=1S/C21H19ClIN3OS/c22-13-9-16-17(12-28-20(16)24-11-13)25-19(27)15-2-1-14(23)10-18(15)26-7-5-21(3-4-21)6-8-26/h1-2,9-12H,3-8H2,(H,25,27). The van der Waals surface area contributed by atoms with Gasteiger partial charge in [0.15, 0.2) is 0 Å². The van der Waals surface area contributed by atoms with Gasteiger partial charge in [-0.05, 0) is 78.0 Å². The number of aromatic nitrogens is 1. The molecule has 1 saturated heterocycles. The van der Waals surface area contributed by atoms with Crippen molar-refractivity contribution in [1.29, 1.82) is 0 Å². The highest BCUT2D eigenvalue weighted by molar-refractivity contribution is 14.1. The Bertz CT molecular complexity index is 1070. The van der Waals surface area contributed by atoms with E-state index in [1.54, 1.807) is 6.20 Å². The van der Waals surface area contributed by atoms with E-state index in [9.17, 15) is 4.79 Å². The summed E-state index contributed by atoms with van der Waals surface area (Å²) < 4.78 is 1.15. The normalized spacial score (nSPS) is 17.9. The molecule has 0 unspecified atom stereocenters. The summed E-state index contributed by atoms with van der Waals surface area (Å²) in [4.78, 5) is 20.7. The van der Waals surface area contributed by atoms with E-state index in [1.165, 1.54) is 37.0 Å². The van der Waals surface area contributed by atoms with Gasteiger partial charge in [0.05, 0.1) is 22.0 Å². The summed E-state index contributed by atoms with van der Waals surface area (Å²) in [6.45, 7) is 2.06. The average Bonchev–Trinajstić information content (AvgIpc) is 3.33. The molecule has 5 rings (SSSR count). The summed E-state index contributed by atoms with van der Waals surface area (Å²) in [5.74, 6) is -0.0854. The van der Waals surface area contributed by atoms with Crippen LogP contribution in [0.1, 0.15) is 36.0 Å². The second-order valence-corrected chi connectivity index (χ2v) is 10.3. The number of benzene rings is 1. The minimum Gasteiger partial charge on any atom is -0.371 e. The van der Waals surface area contributed by atoms with Crippen LogP contribution in [0.25, 0.3) is 10.2 Å². The lowest BCUT2D eigenvalue weighted by atomic mass is 9.93. The summed E-state index contributed by atoms with van der Waals surface area (Å²) in [7, 11) is 0. The Morgan fingerprint density at radius 3 is 2.75 bits per heavy atom. The quantitative estimate of drug-likeness (QED) is 0.417. The molecular weight excluding hydrogens is 505 g/mol. The van der Waals surface area contributed by atoms with Gasteiger partial charge in [-0.3, -0.25) is 4.79 Å². The molecule has 2 aromatic heterocycles. The van der Waals surface area contributed by atoms with Gasteiger partial charge in [-0.2, -0.15) is 0 Å². The Hall–Kier alpha value is -1.38. The van der Waals surface area contributed by atoms with Crippen LogP contribution < -0.4 is 10.2 Å². The first-order chi connectivity index (χ1) is 13.5. The van der Waals surface area contributed by atoms with E-state index in [-0.39, 0.29) is 5.91 Å². The first-order valence-corrected chi connectivity index (χ1v) is 11.8. The SMILES string of the molecule is O=C(Nc1csc2ncc(Cl)cc12)c1ccc(I)cc1N1CCC2(CC1)CC2. The fourth-order valence-corrected chi connectivity index (χ4v) is 5.49. The van der Waals surface area contributed by atoms with Gasteiger partial charge in [0.25, 0.3) is 5.91 Å². The third kappa shape index (κ3) is 3.50. The van der Waals surface area contributed by atoms with E-state index < -0.39 is 0 Å². The zero-order chi connectivity index (χ0) is 19.3. The number of pyridine rings is 1. The number of anilines is 2. The van der Waals surface area contributed by atoms with Crippen molar-refractivity contribution in [2.75, 3.05) is 23.3 Å². The molecule has 1 spiro atoms. The molecule has 1 saturated carbocycles. The fraction of sp³-hybridized carbons (Fsp3) is 0.333. The average molecular weight is 524 g/mol. The summed E-state index contributed by atoms with van der Waals surface area (Å²) in [5, 5.41) is 6.46. The zero-order valence-corrected chi connectivity index (χ0v) is 18.9. The van der Waals surface area contributed by atoms with Crippen LogP contribution in [-0.4, -0.2) is 24.0 Å². The summed E-state index contributed by atoms with van der Waals surface area (Å²) in [6.07, 6.45) is 6.86. The molecule has 1 N–H and O–H groups in total. The molecule has 1 aliphatic heterocycles. The minimum absolute atomic E-state index is 0.0854. The molecular formula is C21H19ClIN3OS. The largest absolute Gasteiger partial charge is 0.371 e. The smallest absolute Gasteiger partial charge is 0.257 e. The Labute approximate surface area is 186 Å². The molecule has 4 nitrogen and oxygen atoms in total. The van der Waals surface area contributed by atoms with Gasteiger partial charge in [0.1, 0.15) is 4.83 Å². The van der Waals surface area contributed by atoms with Gasteiger partial charge in [-0.25, -0.2) is 4.98 Å². The van der Waals surface area contributed by atoms with Crippen molar-refractivity contribution in [2.24, 2.45) is 5.41 Å². The topological polar surface area (TPSA) is 45.2 Å². The van der Waals surface area contributed by atoms with Gasteiger partial charge in [0.2, 0.25) is 0 Å². The third-order valence-electron chi connectivity index (χ3n) is 5.97. The Morgan fingerprint density at radius 1 is 1.21 bits per heavy atom. The van der Waals surface area contributed by atoms with Crippen molar-refractivity contribution in [3.8, 4) is 0 Å². The van der Waals surface area contributed by atoms with Gasteiger partial charge in [0, 0.05) is 33.6 Å². The molecule has 0 atom stereocenters. The highest BCUT2D eigenvalue weighted by Gasteiger charge is 2.44. The first-order valence-electron chi connectivity index (χ1n) is 9.42. The minimum atomic E-state index is -0.0854. The highest BCUT2D eigenvalue weighted by Crippen LogP contribution is 2.54. The molecule has 3 heterocycles. The number of amides is 1. The van der Waals surface area contributed by atoms with E-state index in [1.807, 2.05) is 23.6 Å². The van der Waals surface area contributed by atoms with Crippen LogP contribution in [0.2, 0.25) is 5.02 Å². The molecule has 7 heteroatoms. The summed E-state index contributed by atoms with van der Waals surface area (Å²) in [5.41, 5.74) is 3.14. The number of hydrogen-bond acceptors (Lipinski definition) is 4. The number of rotatable bonds is 3. The van der Waals surface area contributed by atoms with E-state index >= 15 is 0 Å². The van der Waals surface area contributed by atoms with Crippen molar-refractivity contribution < 1.29 is 4.79 Å². The Kier molecular flexibility index (Phi) is 4.76. The molecule has 0 bridgehead atoms. The Balaban J connectivity index is 1.43. The number of halogens is 2. The molecule has 1 aliphatic carbocycles. The number of hydrogen-bond donors (Lipinski definition) is 1. The van der Waals surface area contributed by atoms with Crippen LogP contribution in [0.3, 0.4) is 0 Å². The number of piperidine rings is 1. The van der Waals surface area contributed by atoms with E-state index in [2.05, 4.69) is 43.9 Å². The summed E-state index contributed by atoms with van der Waals surface area (Å²) >= 11 is 9.92. The van der Waals surface area contributed by atoms with Crippen molar-refractivity contribution in [3.05, 3.63) is 50.0 Å². The summed E-state index contributed by atoms with van der Waals surface area (Å²) in [6, 6.07) is 7.91. The number of carbonyl (C=O) groups excluding carboxylic acids is 1. The fourth-order valence-electron chi connectivity index (χ4n) is 4.04. The predicted octanol–water partition coefficient (Wildman–Crippen LogP) is 6.19. The van der Waals surface area contributed by atoms with Crippen LogP contribution in [0, 0.1) is 8.99 Å². The second kappa shape index (κ2) is 7.15. The lowest BCUT2D eigenvalue weighted by molar-refractivity contribution is 0.102.